The molecular weight excluding hydrogens is 240 g/mol. The molecule has 0 bridgehead atoms. The minimum absolute atomic E-state index is 0.464. The predicted octanol–water partition coefficient (Wildman–Crippen LogP) is 2.64. The van der Waals surface area contributed by atoms with Crippen molar-refractivity contribution in [2.75, 3.05) is 13.2 Å². The molecule has 3 nitrogen and oxygen atoms in total. The van der Waals surface area contributed by atoms with Crippen LogP contribution in [0.4, 0.5) is 0 Å². The zero-order valence-corrected chi connectivity index (χ0v) is 11.0. The van der Waals surface area contributed by atoms with Crippen LogP contribution in [-0.4, -0.2) is 30.7 Å². The maximum absolute atomic E-state index is 10.0. The average molecular weight is 259 g/mol. The van der Waals surface area contributed by atoms with Crippen molar-refractivity contribution in [1.82, 2.24) is 0 Å². The van der Waals surface area contributed by atoms with E-state index >= 15 is 0 Å². The van der Waals surface area contributed by atoms with Gasteiger partial charge in [-0.2, -0.15) is 0 Å². The van der Waals surface area contributed by atoms with Crippen molar-refractivity contribution >= 4 is 11.6 Å². The first-order chi connectivity index (χ1) is 8.17. The third kappa shape index (κ3) is 5.04. The summed E-state index contributed by atoms with van der Waals surface area (Å²) in [6.07, 6.45) is -0.803. The zero-order valence-electron chi connectivity index (χ0n) is 10.2. The van der Waals surface area contributed by atoms with Gasteiger partial charge >= 0.3 is 0 Å². The third-order valence-electron chi connectivity index (χ3n) is 2.31. The maximum atomic E-state index is 10.0. The Morgan fingerprint density at radius 3 is 2.41 bits per heavy atom. The lowest BCUT2D eigenvalue weighted by atomic mass is 10.1. The highest BCUT2D eigenvalue weighted by molar-refractivity contribution is 6.30. The molecule has 17 heavy (non-hydrogen) atoms. The highest BCUT2D eigenvalue weighted by atomic mass is 35.5. The van der Waals surface area contributed by atoms with Gasteiger partial charge in [0.2, 0.25) is 0 Å². The van der Waals surface area contributed by atoms with Crippen LogP contribution in [-0.2, 0) is 15.9 Å². The molecule has 0 aliphatic heterocycles. The summed E-state index contributed by atoms with van der Waals surface area (Å²) in [6.45, 7) is 4.77. The van der Waals surface area contributed by atoms with Crippen molar-refractivity contribution in [3.8, 4) is 0 Å². The molecule has 1 aromatic carbocycles. The number of hydrogen-bond acceptors (Lipinski definition) is 3. The monoisotopic (exact) mass is 258 g/mol. The van der Waals surface area contributed by atoms with Gasteiger partial charge in [-0.25, -0.2) is 0 Å². The fraction of sp³-hybridized carbons (Fsp3) is 0.538. The summed E-state index contributed by atoms with van der Waals surface area (Å²) in [6, 6.07) is 7.42. The number of halogens is 1. The average Bonchev–Trinajstić information content (AvgIpc) is 2.28. The van der Waals surface area contributed by atoms with Crippen molar-refractivity contribution < 1.29 is 14.6 Å². The van der Waals surface area contributed by atoms with Crippen molar-refractivity contribution in [2.24, 2.45) is 0 Å². The van der Waals surface area contributed by atoms with Crippen LogP contribution in [0.1, 0.15) is 19.4 Å². The highest BCUT2D eigenvalue weighted by Gasteiger charge is 2.19. The zero-order chi connectivity index (χ0) is 12.7. The van der Waals surface area contributed by atoms with E-state index in [0.29, 0.717) is 24.7 Å². The second kappa shape index (κ2) is 7.67. The van der Waals surface area contributed by atoms with E-state index < -0.39 is 12.4 Å². The van der Waals surface area contributed by atoms with Crippen LogP contribution >= 0.6 is 11.6 Å². The molecular formula is C13H19ClO3. The van der Waals surface area contributed by atoms with Crippen LogP contribution in [0.25, 0.3) is 0 Å². The predicted molar refractivity (Wildman–Crippen MR) is 68.2 cm³/mol. The summed E-state index contributed by atoms with van der Waals surface area (Å²) in [5.74, 6) is 0. The highest BCUT2D eigenvalue weighted by Crippen LogP contribution is 2.14. The second-order valence-electron chi connectivity index (χ2n) is 3.68. The van der Waals surface area contributed by atoms with Crippen LogP contribution < -0.4 is 0 Å². The van der Waals surface area contributed by atoms with Gasteiger partial charge in [0.1, 0.15) is 6.10 Å². The Hall–Kier alpha value is -0.610. The van der Waals surface area contributed by atoms with Crippen molar-refractivity contribution in [1.29, 1.82) is 0 Å². The van der Waals surface area contributed by atoms with Gasteiger partial charge in [-0.05, 0) is 31.5 Å². The Balaban J connectivity index is 2.59. The SMILES string of the molecule is CCOC(OCC)C(O)Cc1cccc(Cl)c1. The lowest BCUT2D eigenvalue weighted by Gasteiger charge is -2.22. The molecule has 0 saturated heterocycles. The lowest BCUT2D eigenvalue weighted by Crippen LogP contribution is -2.33. The molecule has 0 amide bonds. The summed E-state index contributed by atoms with van der Waals surface area (Å²) >= 11 is 5.89. The largest absolute Gasteiger partial charge is 0.387 e. The standard InChI is InChI=1S/C13H19ClO3/c1-3-16-13(17-4-2)12(15)9-10-6-5-7-11(14)8-10/h5-8,12-13,15H,3-4,9H2,1-2H3. The van der Waals surface area contributed by atoms with E-state index in [2.05, 4.69) is 0 Å². The maximum Gasteiger partial charge on any atom is 0.183 e. The molecule has 0 saturated carbocycles. The van der Waals surface area contributed by atoms with Gasteiger partial charge < -0.3 is 14.6 Å². The number of rotatable bonds is 7. The van der Waals surface area contributed by atoms with E-state index in [4.69, 9.17) is 21.1 Å². The number of hydrogen-bond donors (Lipinski definition) is 1. The Morgan fingerprint density at radius 1 is 1.24 bits per heavy atom. The first-order valence-electron chi connectivity index (χ1n) is 5.83. The van der Waals surface area contributed by atoms with Crippen molar-refractivity contribution in [3.05, 3.63) is 34.9 Å². The first-order valence-corrected chi connectivity index (χ1v) is 6.20. The fourth-order valence-electron chi connectivity index (χ4n) is 1.60. The Kier molecular flexibility index (Phi) is 6.52. The van der Waals surface area contributed by atoms with Crippen LogP contribution in [0.5, 0.6) is 0 Å². The molecule has 0 radical (unpaired) electrons. The molecule has 0 aliphatic rings. The van der Waals surface area contributed by atoms with Crippen molar-refractivity contribution in [2.45, 2.75) is 32.7 Å². The number of ether oxygens (including phenoxy) is 2. The summed E-state index contributed by atoms with van der Waals surface area (Å²) in [4.78, 5) is 0. The molecule has 96 valence electrons. The van der Waals surface area contributed by atoms with E-state index in [1.54, 1.807) is 6.07 Å². The number of benzene rings is 1. The van der Waals surface area contributed by atoms with Gasteiger partial charge in [0.05, 0.1) is 0 Å². The minimum atomic E-state index is -0.687. The minimum Gasteiger partial charge on any atom is -0.387 e. The number of aliphatic hydroxyl groups excluding tert-OH is 1. The van der Waals surface area contributed by atoms with Gasteiger partial charge in [0, 0.05) is 24.7 Å². The smallest absolute Gasteiger partial charge is 0.183 e. The normalized spacial score (nSPS) is 13.0. The molecule has 1 atom stereocenters. The molecule has 1 N–H and O–H groups in total. The van der Waals surface area contributed by atoms with Gasteiger partial charge in [0.25, 0.3) is 0 Å². The fourth-order valence-corrected chi connectivity index (χ4v) is 1.81. The molecule has 0 fully saturated rings. The molecule has 1 unspecified atom stereocenters. The quantitative estimate of drug-likeness (QED) is 0.764. The first kappa shape index (κ1) is 14.5. The third-order valence-corrected chi connectivity index (χ3v) is 2.54. The summed E-state index contributed by atoms with van der Waals surface area (Å²) in [5.41, 5.74) is 0.967. The summed E-state index contributed by atoms with van der Waals surface area (Å²) in [5, 5.41) is 10.7. The van der Waals surface area contributed by atoms with Crippen LogP contribution in [0.2, 0.25) is 5.02 Å². The molecule has 0 aliphatic carbocycles. The van der Waals surface area contributed by atoms with E-state index in [1.807, 2.05) is 32.0 Å². The summed E-state index contributed by atoms with van der Waals surface area (Å²) in [7, 11) is 0. The van der Waals surface area contributed by atoms with Gasteiger partial charge in [-0.3, -0.25) is 0 Å². The molecule has 1 aromatic rings. The van der Waals surface area contributed by atoms with Crippen LogP contribution in [0.15, 0.2) is 24.3 Å². The van der Waals surface area contributed by atoms with Crippen LogP contribution in [0, 0.1) is 0 Å². The Morgan fingerprint density at radius 2 is 1.88 bits per heavy atom. The van der Waals surface area contributed by atoms with E-state index in [1.165, 1.54) is 0 Å². The topological polar surface area (TPSA) is 38.7 Å². The molecule has 1 rings (SSSR count). The Bertz CT molecular complexity index is 324. The second-order valence-corrected chi connectivity index (χ2v) is 4.12. The lowest BCUT2D eigenvalue weighted by molar-refractivity contribution is -0.188. The van der Waals surface area contributed by atoms with E-state index in [-0.39, 0.29) is 0 Å². The number of aliphatic hydroxyl groups is 1. The van der Waals surface area contributed by atoms with Gasteiger partial charge in [-0.1, -0.05) is 23.7 Å². The molecule has 4 heteroatoms. The van der Waals surface area contributed by atoms with E-state index in [9.17, 15) is 5.11 Å². The molecule has 0 aromatic heterocycles. The van der Waals surface area contributed by atoms with Crippen LogP contribution in [0.3, 0.4) is 0 Å². The van der Waals surface area contributed by atoms with E-state index in [0.717, 1.165) is 5.56 Å². The molecule has 0 heterocycles. The Labute approximate surface area is 107 Å². The molecule has 0 spiro atoms. The van der Waals surface area contributed by atoms with Crippen molar-refractivity contribution in [3.63, 3.8) is 0 Å². The van der Waals surface area contributed by atoms with Gasteiger partial charge in [0.15, 0.2) is 6.29 Å². The summed E-state index contributed by atoms with van der Waals surface area (Å²) < 4.78 is 10.7. The van der Waals surface area contributed by atoms with Gasteiger partial charge in [-0.15, -0.1) is 0 Å².